The zero-order valence-corrected chi connectivity index (χ0v) is 11.7. The summed E-state index contributed by atoms with van der Waals surface area (Å²) < 4.78 is 6.79. The van der Waals surface area contributed by atoms with Crippen LogP contribution in [-0.4, -0.2) is 33.7 Å². The van der Waals surface area contributed by atoms with Crippen molar-refractivity contribution in [3.8, 4) is 5.75 Å². The first-order valence-electron chi connectivity index (χ1n) is 5.93. The number of hydrogen-bond donors (Lipinski definition) is 0. The maximum atomic E-state index is 6.02. The van der Waals surface area contributed by atoms with Crippen molar-refractivity contribution in [3.63, 3.8) is 0 Å². The maximum absolute atomic E-state index is 6.02. The van der Waals surface area contributed by atoms with Gasteiger partial charge in [-0.25, -0.2) is 0 Å². The van der Waals surface area contributed by atoms with Gasteiger partial charge in [0, 0.05) is 18.8 Å². The topological polar surface area (TPSA) is 55.5 Å². The highest BCUT2D eigenvalue weighted by Crippen LogP contribution is 2.26. The number of hydrogen-bond acceptors (Lipinski definition) is 5. The van der Waals surface area contributed by atoms with Crippen LogP contribution in [0.4, 0.5) is 11.5 Å². The molecule has 0 saturated carbocycles. The number of fused-ring (bicyclic) bond motifs is 1. The lowest BCUT2D eigenvalue weighted by molar-refractivity contribution is 0.415. The van der Waals surface area contributed by atoms with Crippen LogP contribution in [0.1, 0.15) is 0 Å². The van der Waals surface area contributed by atoms with Crippen LogP contribution in [0, 0.1) is 0 Å². The van der Waals surface area contributed by atoms with E-state index in [4.69, 9.17) is 16.3 Å². The molecule has 0 radical (unpaired) electrons. The second-order valence-corrected chi connectivity index (χ2v) is 4.55. The van der Waals surface area contributed by atoms with Crippen LogP contribution in [0.15, 0.2) is 36.7 Å². The van der Waals surface area contributed by atoms with Crippen molar-refractivity contribution < 1.29 is 4.74 Å². The average molecular weight is 290 g/mol. The molecule has 0 aliphatic carbocycles. The summed E-state index contributed by atoms with van der Waals surface area (Å²) in [7, 11) is 3.56. The van der Waals surface area contributed by atoms with Crippen LogP contribution in [0.5, 0.6) is 5.75 Å². The Balaban J connectivity index is 2.06. The Bertz CT molecular complexity index is 740. The highest BCUT2D eigenvalue weighted by molar-refractivity contribution is 6.29. The van der Waals surface area contributed by atoms with Crippen LogP contribution < -0.4 is 9.64 Å². The third kappa shape index (κ3) is 2.14. The van der Waals surface area contributed by atoms with E-state index in [2.05, 4.69) is 15.1 Å². The van der Waals surface area contributed by atoms with E-state index in [1.54, 1.807) is 17.7 Å². The molecule has 20 heavy (non-hydrogen) atoms. The van der Waals surface area contributed by atoms with Gasteiger partial charge in [0.15, 0.2) is 0 Å². The van der Waals surface area contributed by atoms with Gasteiger partial charge in [0.2, 0.25) is 0 Å². The van der Waals surface area contributed by atoms with Gasteiger partial charge in [0.05, 0.1) is 7.11 Å². The third-order valence-corrected chi connectivity index (χ3v) is 3.20. The molecule has 0 unspecified atom stereocenters. The van der Waals surface area contributed by atoms with E-state index < -0.39 is 0 Å². The van der Waals surface area contributed by atoms with Crippen LogP contribution in [0.2, 0.25) is 5.15 Å². The van der Waals surface area contributed by atoms with E-state index >= 15 is 0 Å². The van der Waals surface area contributed by atoms with Gasteiger partial charge in [-0.05, 0) is 24.3 Å². The zero-order valence-electron chi connectivity index (χ0n) is 11.0. The highest BCUT2D eigenvalue weighted by Gasteiger charge is 2.12. The summed E-state index contributed by atoms with van der Waals surface area (Å²) in [4.78, 5) is 10.1. The fraction of sp³-hybridized carbons (Fsp3) is 0.154. The summed E-state index contributed by atoms with van der Waals surface area (Å²) in [6.07, 6.45) is 1.45. The molecular formula is C13H12ClN5O. The molecule has 0 spiro atoms. The Morgan fingerprint density at radius 2 is 2.00 bits per heavy atom. The molecule has 0 fully saturated rings. The second kappa shape index (κ2) is 4.97. The smallest absolute Gasteiger partial charge is 0.255 e. The summed E-state index contributed by atoms with van der Waals surface area (Å²) in [5.41, 5.74) is 0.977. The molecule has 1 aromatic carbocycles. The van der Waals surface area contributed by atoms with Crippen molar-refractivity contribution in [2.75, 3.05) is 19.1 Å². The van der Waals surface area contributed by atoms with Gasteiger partial charge in [-0.2, -0.15) is 19.6 Å². The average Bonchev–Trinajstić information content (AvgIpc) is 2.94. The number of rotatable bonds is 3. The Kier molecular flexibility index (Phi) is 3.15. The first kappa shape index (κ1) is 12.7. The van der Waals surface area contributed by atoms with Crippen molar-refractivity contribution in [1.82, 2.24) is 19.6 Å². The number of ether oxygens (including phenoxy) is 1. The van der Waals surface area contributed by atoms with E-state index in [1.165, 1.54) is 6.33 Å². The van der Waals surface area contributed by atoms with Crippen molar-refractivity contribution in [1.29, 1.82) is 0 Å². The molecule has 0 aliphatic heterocycles. The lowest BCUT2D eigenvalue weighted by Gasteiger charge is -2.20. The maximum Gasteiger partial charge on any atom is 0.255 e. The second-order valence-electron chi connectivity index (χ2n) is 4.17. The lowest BCUT2D eigenvalue weighted by atomic mass is 10.3. The van der Waals surface area contributed by atoms with Gasteiger partial charge in [0.25, 0.3) is 5.78 Å². The van der Waals surface area contributed by atoms with Gasteiger partial charge in [-0.1, -0.05) is 11.6 Å². The van der Waals surface area contributed by atoms with Gasteiger partial charge in [-0.3, -0.25) is 0 Å². The molecule has 2 heterocycles. The fourth-order valence-electron chi connectivity index (χ4n) is 1.95. The molecular weight excluding hydrogens is 278 g/mol. The summed E-state index contributed by atoms with van der Waals surface area (Å²) in [6.45, 7) is 0. The van der Waals surface area contributed by atoms with E-state index in [9.17, 15) is 0 Å². The summed E-state index contributed by atoms with van der Waals surface area (Å²) in [6, 6.07) is 9.44. The quantitative estimate of drug-likeness (QED) is 0.694. The molecule has 0 bridgehead atoms. The molecule has 0 saturated heterocycles. The van der Waals surface area contributed by atoms with E-state index in [0.29, 0.717) is 10.9 Å². The van der Waals surface area contributed by atoms with Gasteiger partial charge >= 0.3 is 0 Å². The minimum atomic E-state index is 0.376. The first-order chi connectivity index (χ1) is 9.69. The van der Waals surface area contributed by atoms with E-state index in [-0.39, 0.29) is 0 Å². The molecule has 0 N–H and O–H groups in total. The molecule has 2 aromatic heterocycles. The van der Waals surface area contributed by atoms with Crippen LogP contribution in [0.25, 0.3) is 5.78 Å². The number of halogens is 1. The summed E-state index contributed by atoms with van der Waals surface area (Å²) >= 11 is 6.02. The Morgan fingerprint density at radius 1 is 1.25 bits per heavy atom. The van der Waals surface area contributed by atoms with Crippen LogP contribution in [-0.2, 0) is 0 Å². The van der Waals surface area contributed by atoms with Crippen molar-refractivity contribution in [2.45, 2.75) is 0 Å². The van der Waals surface area contributed by atoms with Crippen molar-refractivity contribution in [2.24, 2.45) is 0 Å². The molecule has 3 aromatic rings. The number of anilines is 2. The summed E-state index contributed by atoms with van der Waals surface area (Å²) in [5.74, 6) is 2.05. The molecule has 0 amide bonds. The van der Waals surface area contributed by atoms with Crippen molar-refractivity contribution >= 4 is 28.9 Å². The Morgan fingerprint density at radius 3 is 2.70 bits per heavy atom. The third-order valence-electron chi connectivity index (χ3n) is 3.01. The van der Waals surface area contributed by atoms with E-state index in [1.807, 2.05) is 36.2 Å². The standard InChI is InChI=1S/C13H12ClN5O/c1-18(9-3-5-10(20-2)6-4-9)12-7-11(14)17-13-15-8-16-19(12)13/h3-8H,1-2H3. The summed E-state index contributed by atoms with van der Waals surface area (Å²) in [5, 5.41) is 4.53. The van der Waals surface area contributed by atoms with E-state index in [0.717, 1.165) is 17.3 Å². The molecule has 3 rings (SSSR count). The van der Waals surface area contributed by atoms with Crippen molar-refractivity contribution in [3.05, 3.63) is 41.8 Å². The van der Waals surface area contributed by atoms with Crippen LogP contribution in [0.3, 0.4) is 0 Å². The fourth-order valence-corrected chi connectivity index (χ4v) is 2.12. The number of nitrogens with zero attached hydrogens (tertiary/aromatic N) is 5. The predicted octanol–water partition coefficient (Wildman–Crippen LogP) is 2.55. The van der Waals surface area contributed by atoms with Crippen LogP contribution >= 0.6 is 11.6 Å². The minimum absolute atomic E-state index is 0.376. The Labute approximate surface area is 120 Å². The largest absolute Gasteiger partial charge is 0.497 e. The first-order valence-corrected chi connectivity index (χ1v) is 6.31. The molecule has 0 atom stereocenters. The number of methoxy groups -OCH3 is 1. The zero-order chi connectivity index (χ0) is 14.1. The monoisotopic (exact) mass is 289 g/mol. The lowest BCUT2D eigenvalue weighted by Crippen LogP contribution is -2.14. The molecule has 6 nitrogen and oxygen atoms in total. The van der Waals surface area contributed by atoms with Gasteiger partial charge in [-0.15, -0.1) is 0 Å². The molecule has 0 aliphatic rings. The Hall–Kier alpha value is -2.34. The van der Waals surface area contributed by atoms with Gasteiger partial charge < -0.3 is 9.64 Å². The normalized spacial score (nSPS) is 10.8. The highest BCUT2D eigenvalue weighted by atomic mass is 35.5. The molecule has 7 heteroatoms. The predicted molar refractivity (Wildman–Crippen MR) is 76.8 cm³/mol. The minimum Gasteiger partial charge on any atom is -0.497 e. The number of benzene rings is 1. The molecule has 102 valence electrons. The van der Waals surface area contributed by atoms with Gasteiger partial charge in [0.1, 0.15) is 23.0 Å². The SMILES string of the molecule is COc1ccc(N(C)c2cc(Cl)nc3ncnn23)cc1. The number of aromatic nitrogens is 4.